The smallest absolute Gasteiger partial charge is 0.143 e. The van der Waals surface area contributed by atoms with Crippen molar-refractivity contribution in [3.05, 3.63) is 54.7 Å². The van der Waals surface area contributed by atoms with E-state index in [1.165, 1.54) is 12.3 Å². The van der Waals surface area contributed by atoms with Crippen molar-refractivity contribution in [3.8, 4) is 0 Å². The van der Waals surface area contributed by atoms with E-state index in [9.17, 15) is 4.39 Å². The van der Waals surface area contributed by atoms with Crippen LogP contribution in [0.3, 0.4) is 0 Å². The molecule has 0 radical (unpaired) electrons. The van der Waals surface area contributed by atoms with Crippen LogP contribution in [0.4, 0.5) is 16.0 Å². The van der Waals surface area contributed by atoms with Gasteiger partial charge in [-0.2, -0.15) is 0 Å². The van der Waals surface area contributed by atoms with Gasteiger partial charge in [-0.25, -0.2) is 14.4 Å². The number of fused-ring (bicyclic) bond motifs is 3. The Morgan fingerprint density at radius 2 is 1.86 bits per heavy atom. The molecule has 0 saturated heterocycles. The Kier molecular flexibility index (Phi) is 2.75. The minimum Gasteiger partial charge on any atom is -0.328 e. The van der Waals surface area contributed by atoms with Gasteiger partial charge in [-0.15, -0.1) is 0 Å². The zero-order valence-corrected chi connectivity index (χ0v) is 11.8. The zero-order chi connectivity index (χ0) is 15.1. The van der Waals surface area contributed by atoms with Gasteiger partial charge in [0, 0.05) is 30.2 Å². The molecule has 4 aromatic heterocycles. The standard InChI is InChI=1S/C16H12FN5/c1-22-13-6-7-18-9-12(13)11-3-5-15(21-16(11)22)20-14-4-2-10(17)8-19-14/h2-9H,1H3,(H,19,20,21)/i17-1. The van der Waals surface area contributed by atoms with Gasteiger partial charge in [0.05, 0.1) is 11.7 Å². The van der Waals surface area contributed by atoms with E-state index in [2.05, 4.69) is 20.3 Å². The average Bonchev–Trinajstić information content (AvgIpc) is 2.83. The molecule has 0 amide bonds. The minimum absolute atomic E-state index is 0.366. The van der Waals surface area contributed by atoms with Crippen LogP contribution in [0.15, 0.2) is 48.9 Å². The van der Waals surface area contributed by atoms with E-state index in [-0.39, 0.29) is 5.82 Å². The van der Waals surface area contributed by atoms with Crippen LogP contribution in [0.1, 0.15) is 0 Å². The van der Waals surface area contributed by atoms with Crippen molar-refractivity contribution in [1.82, 2.24) is 19.5 Å². The number of nitrogens with one attached hydrogen (secondary N) is 1. The predicted octanol–water partition coefficient (Wildman–Crippen LogP) is 3.40. The quantitative estimate of drug-likeness (QED) is 0.615. The molecule has 4 aromatic rings. The Morgan fingerprint density at radius 1 is 1.00 bits per heavy atom. The summed E-state index contributed by atoms with van der Waals surface area (Å²) in [5, 5.41) is 5.19. The largest absolute Gasteiger partial charge is 0.328 e. The number of rotatable bonds is 2. The van der Waals surface area contributed by atoms with Crippen LogP contribution in [-0.4, -0.2) is 19.5 Å². The van der Waals surface area contributed by atoms with Gasteiger partial charge in [-0.05, 0) is 30.3 Å². The van der Waals surface area contributed by atoms with E-state index in [0.29, 0.717) is 11.6 Å². The summed E-state index contributed by atoms with van der Waals surface area (Å²) in [4.78, 5) is 12.8. The number of halogens is 1. The third-order valence-electron chi connectivity index (χ3n) is 3.63. The lowest BCUT2D eigenvalue weighted by Gasteiger charge is -2.05. The molecule has 0 atom stereocenters. The van der Waals surface area contributed by atoms with Gasteiger partial charge in [0.1, 0.15) is 23.1 Å². The van der Waals surface area contributed by atoms with Gasteiger partial charge in [-0.3, -0.25) is 4.98 Å². The summed E-state index contributed by atoms with van der Waals surface area (Å²) >= 11 is 0. The van der Waals surface area contributed by atoms with Crippen LogP contribution in [0, 0.1) is 5.82 Å². The maximum atomic E-state index is 12.9. The van der Waals surface area contributed by atoms with E-state index in [4.69, 9.17) is 0 Å². The number of hydrogen-bond donors (Lipinski definition) is 1. The molecular weight excluding hydrogens is 280 g/mol. The fraction of sp³-hybridized carbons (Fsp3) is 0.0625. The molecule has 1 N–H and O–H groups in total. The lowest BCUT2D eigenvalue weighted by atomic mass is 10.2. The third-order valence-corrected chi connectivity index (χ3v) is 3.63. The number of pyridine rings is 3. The summed E-state index contributed by atoms with van der Waals surface area (Å²) in [6.07, 6.45) is 4.78. The molecule has 4 heterocycles. The summed E-state index contributed by atoms with van der Waals surface area (Å²) in [6, 6.07) is 8.77. The lowest BCUT2D eigenvalue weighted by molar-refractivity contribution is 0.622. The van der Waals surface area contributed by atoms with E-state index < -0.39 is 0 Å². The van der Waals surface area contributed by atoms with Crippen molar-refractivity contribution in [2.75, 3.05) is 5.32 Å². The topological polar surface area (TPSA) is 55.6 Å². The molecule has 0 aromatic carbocycles. The zero-order valence-electron chi connectivity index (χ0n) is 11.8. The second kappa shape index (κ2) is 4.77. The fourth-order valence-electron chi connectivity index (χ4n) is 2.57. The van der Waals surface area contributed by atoms with Crippen molar-refractivity contribution in [2.45, 2.75) is 0 Å². The fourth-order valence-corrected chi connectivity index (χ4v) is 2.57. The Hall–Kier alpha value is -3.02. The maximum absolute atomic E-state index is 12.9. The second-order valence-corrected chi connectivity index (χ2v) is 5.01. The first-order valence-corrected chi connectivity index (χ1v) is 6.80. The van der Waals surface area contributed by atoms with Crippen LogP contribution in [-0.2, 0) is 7.05 Å². The first-order valence-electron chi connectivity index (χ1n) is 6.80. The molecular formula is C16H12FN5. The van der Waals surface area contributed by atoms with Crippen LogP contribution in [0.5, 0.6) is 0 Å². The van der Waals surface area contributed by atoms with Crippen molar-refractivity contribution in [2.24, 2.45) is 7.05 Å². The number of anilines is 2. The molecule has 0 saturated carbocycles. The summed E-state index contributed by atoms with van der Waals surface area (Å²) in [6.45, 7) is 0. The van der Waals surface area contributed by atoms with Gasteiger partial charge < -0.3 is 9.88 Å². The number of nitrogens with zero attached hydrogens (tertiary/aromatic N) is 4. The van der Waals surface area contributed by atoms with Crippen molar-refractivity contribution >= 4 is 33.6 Å². The molecule has 0 bridgehead atoms. The summed E-state index contributed by atoms with van der Waals surface area (Å²) in [5.41, 5.74) is 1.93. The van der Waals surface area contributed by atoms with Gasteiger partial charge >= 0.3 is 0 Å². The molecule has 108 valence electrons. The van der Waals surface area contributed by atoms with Gasteiger partial charge in [0.2, 0.25) is 0 Å². The van der Waals surface area contributed by atoms with Gasteiger partial charge in [-0.1, -0.05) is 0 Å². The first-order chi connectivity index (χ1) is 10.7. The predicted molar refractivity (Wildman–Crippen MR) is 83.5 cm³/mol. The van der Waals surface area contributed by atoms with Crippen LogP contribution >= 0.6 is 0 Å². The Bertz CT molecular complexity index is 975. The van der Waals surface area contributed by atoms with Crippen molar-refractivity contribution < 1.29 is 4.39 Å². The molecule has 0 aliphatic rings. The summed E-state index contributed by atoms with van der Waals surface area (Å²) < 4.78 is 14.9. The van der Waals surface area contributed by atoms with E-state index in [1.807, 2.05) is 36.0 Å². The van der Waals surface area contributed by atoms with Gasteiger partial charge in [0.15, 0.2) is 0 Å². The highest BCUT2D eigenvalue weighted by atomic mass is 18.2. The van der Waals surface area contributed by atoms with Crippen LogP contribution in [0.25, 0.3) is 21.9 Å². The molecule has 0 aliphatic heterocycles. The molecule has 22 heavy (non-hydrogen) atoms. The SMILES string of the molecule is Cn1c2ccncc2c2ccc(Nc3ccc([18F])cn3)nc21. The van der Waals surface area contributed by atoms with Crippen molar-refractivity contribution in [3.63, 3.8) is 0 Å². The molecule has 5 nitrogen and oxygen atoms in total. The monoisotopic (exact) mass is 292 g/mol. The Balaban J connectivity index is 1.82. The Morgan fingerprint density at radius 3 is 2.68 bits per heavy atom. The molecule has 0 aliphatic carbocycles. The average molecular weight is 292 g/mol. The molecule has 0 spiro atoms. The molecule has 6 heteroatoms. The highest BCUT2D eigenvalue weighted by molar-refractivity contribution is 6.06. The molecule has 0 unspecified atom stereocenters. The number of aryl methyl sites for hydroxylation is 1. The number of aromatic nitrogens is 4. The maximum Gasteiger partial charge on any atom is 0.143 e. The first kappa shape index (κ1) is 12.7. The third kappa shape index (κ3) is 1.96. The molecule has 0 fully saturated rings. The van der Waals surface area contributed by atoms with Crippen LogP contribution in [0.2, 0.25) is 0 Å². The molecule has 4 rings (SSSR count). The summed E-state index contributed by atoms with van der Waals surface area (Å²) in [7, 11) is 1.97. The lowest BCUT2D eigenvalue weighted by Crippen LogP contribution is -1.97. The highest BCUT2D eigenvalue weighted by Gasteiger charge is 2.10. The highest BCUT2D eigenvalue weighted by Crippen LogP contribution is 2.27. The van der Waals surface area contributed by atoms with Crippen molar-refractivity contribution in [1.29, 1.82) is 0 Å². The van der Waals surface area contributed by atoms with E-state index in [1.54, 1.807) is 12.3 Å². The van der Waals surface area contributed by atoms with E-state index >= 15 is 0 Å². The van der Waals surface area contributed by atoms with Crippen LogP contribution < -0.4 is 5.32 Å². The second-order valence-electron chi connectivity index (χ2n) is 5.01. The van der Waals surface area contributed by atoms with E-state index in [0.717, 1.165) is 21.9 Å². The summed E-state index contributed by atoms with van der Waals surface area (Å²) in [5.74, 6) is 0.842. The Labute approximate surface area is 125 Å². The minimum atomic E-state index is -0.366. The normalized spacial score (nSPS) is 11.2. The number of hydrogen-bond acceptors (Lipinski definition) is 4. The van der Waals surface area contributed by atoms with Gasteiger partial charge in [0.25, 0.3) is 0 Å².